The van der Waals surface area contributed by atoms with Gasteiger partial charge in [-0.3, -0.25) is 4.79 Å². The second-order valence-electron chi connectivity index (χ2n) is 4.78. The third-order valence-electron chi connectivity index (χ3n) is 2.62. The number of rotatable bonds is 6. The third-order valence-corrected chi connectivity index (χ3v) is 2.62. The Labute approximate surface area is 120 Å². The largest absolute Gasteiger partial charge is 0.482 e. The van der Waals surface area contributed by atoms with E-state index in [9.17, 15) is 23.1 Å². The van der Waals surface area contributed by atoms with Gasteiger partial charge in [0.15, 0.2) is 18.1 Å². The first-order valence-electron chi connectivity index (χ1n) is 6.31. The number of aromatic nitrogens is 1. The van der Waals surface area contributed by atoms with Crippen molar-refractivity contribution in [2.24, 2.45) is 5.92 Å². The highest BCUT2D eigenvalue weighted by molar-refractivity contribution is 5.94. The fourth-order valence-corrected chi connectivity index (χ4v) is 1.35. The van der Waals surface area contributed by atoms with E-state index in [2.05, 4.69) is 15.0 Å². The maximum absolute atomic E-state index is 12.1. The summed E-state index contributed by atoms with van der Waals surface area (Å²) in [6, 6.07) is 2.60. The molecular formula is C13H17F3N2O3. The van der Waals surface area contributed by atoms with E-state index in [-0.39, 0.29) is 23.9 Å². The van der Waals surface area contributed by atoms with Crippen LogP contribution in [0.2, 0.25) is 0 Å². The molecular weight excluding hydrogens is 289 g/mol. The zero-order valence-corrected chi connectivity index (χ0v) is 11.6. The number of hydrogen-bond donors (Lipinski definition) is 2. The second kappa shape index (κ2) is 7.26. The predicted molar refractivity (Wildman–Crippen MR) is 69.0 cm³/mol. The number of hydrogen-bond acceptors (Lipinski definition) is 4. The summed E-state index contributed by atoms with van der Waals surface area (Å²) in [4.78, 5) is 15.6. The number of ether oxygens (including phenoxy) is 1. The summed E-state index contributed by atoms with van der Waals surface area (Å²) in [6.45, 7) is 2.02. The van der Waals surface area contributed by atoms with Crippen molar-refractivity contribution in [2.45, 2.75) is 26.1 Å². The van der Waals surface area contributed by atoms with Gasteiger partial charge in [-0.25, -0.2) is 4.98 Å². The van der Waals surface area contributed by atoms with Gasteiger partial charge in [0.2, 0.25) is 0 Å². The standard InChI is InChI=1S/C13H17F3N2O3/c1-8(2)9(19)6-18-12(20)11-10(4-3-5-17-11)21-7-13(14,15)16/h3-5,8-9,19H,6-7H2,1-2H3,(H,18,20). The van der Waals surface area contributed by atoms with Crippen LogP contribution in [0.3, 0.4) is 0 Å². The van der Waals surface area contributed by atoms with Gasteiger partial charge in [-0.15, -0.1) is 0 Å². The topological polar surface area (TPSA) is 71.5 Å². The molecule has 118 valence electrons. The Morgan fingerprint density at radius 2 is 2.14 bits per heavy atom. The van der Waals surface area contributed by atoms with Crippen molar-refractivity contribution in [3.8, 4) is 5.75 Å². The zero-order valence-electron chi connectivity index (χ0n) is 11.6. The first-order valence-corrected chi connectivity index (χ1v) is 6.31. The molecule has 1 unspecified atom stereocenters. The lowest BCUT2D eigenvalue weighted by molar-refractivity contribution is -0.153. The first kappa shape index (κ1) is 17.2. The molecule has 0 saturated heterocycles. The monoisotopic (exact) mass is 306 g/mol. The highest BCUT2D eigenvalue weighted by atomic mass is 19.4. The van der Waals surface area contributed by atoms with E-state index in [0.29, 0.717) is 0 Å². The molecule has 0 bridgehead atoms. The number of carbonyl (C=O) groups excluding carboxylic acids is 1. The van der Waals surface area contributed by atoms with E-state index in [4.69, 9.17) is 0 Å². The minimum atomic E-state index is -4.50. The Morgan fingerprint density at radius 1 is 1.48 bits per heavy atom. The van der Waals surface area contributed by atoms with E-state index < -0.39 is 24.8 Å². The maximum Gasteiger partial charge on any atom is 0.422 e. The molecule has 0 saturated carbocycles. The number of aliphatic hydroxyl groups excluding tert-OH is 1. The van der Waals surface area contributed by atoms with Crippen LogP contribution in [-0.4, -0.2) is 41.4 Å². The van der Waals surface area contributed by atoms with Gasteiger partial charge in [0, 0.05) is 12.7 Å². The first-order chi connectivity index (χ1) is 9.70. The average Bonchev–Trinajstić information content (AvgIpc) is 2.41. The number of aliphatic hydroxyl groups is 1. The highest BCUT2D eigenvalue weighted by Gasteiger charge is 2.29. The van der Waals surface area contributed by atoms with Crippen molar-refractivity contribution in [3.05, 3.63) is 24.0 Å². The van der Waals surface area contributed by atoms with E-state index >= 15 is 0 Å². The van der Waals surface area contributed by atoms with Gasteiger partial charge >= 0.3 is 6.18 Å². The third kappa shape index (κ3) is 5.99. The van der Waals surface area contributed by atoms with E-state index in [1.807, 2.05) is 0 Å². The molecule has 21 heavy (non-hydrogen) atoms. The molecule has 0 aliphatic heterocycles. The lowest BCUT2D eigenvalue weighted by atomic mass is 10.1. The van der Waals surface area contributed by atoms with E-state index in [0.717, 1.165) is 0 Å². The number of amides is 1. The van der Waals surface area contributed by atoms with Crippen LogP contribution in [-0.2, 0) is 0 Å². The predicted octanol–water partition coefficient (Wildman–Crippen LogP) is 1.77. The van der Waals surface area contributed by atoms with Crippen molar-refractivity contribution in [1.29, 1.82) is 0 Å². The number of nitrogens with zero attached hydrogens (tertiary/aromatic N) is 1. The summed E-state index contributed by atoms with van der Waals surface area (Å²) in [5.41, 5.74) is -0.252. The van der Waals surface area contributed by atoms with Crippen LogP contribution in [0.15, 0.2) is 18.3 Å². The SMILES string of the molecule is CC(C)C(O)CNC(=O)c1ncccc1OCC(F)(F)F. The molecule has 1 aromatic heterocycles. The van der Waals surface area contributed by atoms with Crippen LogP contribution in [0.4, 0.5) is 13.2 Å². The average molecular weight is 306 g/mol. The normalized spacial score (nSPS) is 13.1. The molecule has 0 aliphatic rings. The van der Waals surface area contributed by atoms with Crippen molar-refractivity contribution in [1.82, 2.24) is 10.3 Å². The molecule has 1 amide bonds. The Bertz CT molecular complexity index is 478. The van der Waals surface area contributed by atoms with Gasteiger partial charge in [0.1, 0.15) is 0 Å². The van der Waals surface area contributed by atoms with E-state index in [1.54, 1.807) is 13.8 Å². The Morgan fingerprint density at radius 3 is 2.71 bits per heavy atom. The molecule has 5 nitrogen and oxygen atoms in total. The molecule has 8 heteroatoms. The summed E-state index contributed by atoms with van der Waals surface area (Å²) in [5, 5.41) is 12.0. The van der Waals surface area contributed by atoms with Gasteiger partial charge in [-0.2, -0.15) is 13.2 Å². The van der Waals surface area contributed by atoms with Crippen molar-refractivity contribution in [3.63, 3.8) is 0 Å². The van der Waals surface area contributed by atoms with Crippen LogP contribution in [0.25, 0.3) is 0 Å². The smallest absolute Gasteiger partial charge is 0.422 e. The van der Waals surface area contributed by atoms with Gasteiger partial charge in [-0.1, -0.05) is 13.8 Å². The zero-order chi connectivity index (χ0) is 16.0. The highest BCUT2D eigenvalue weighted by Crippen LogP contribution is 2.20. The molecule has 0 spiro atoms. The molecule has 0 aliphatic carbocycles. The van der Waals surface area contributed by atoms with E-state index in [1.165, 1.54) is 18.3 Å². The van der Waals surface area contributed by atoms with Crippen molar-refractivity contribution < 1.29 is 27.8 Å². The van der Waals surface area contributed by atoms with Crippen LogP contribution in [0.5, 0.6) is 5.75 Å². The number of carbonyl (C=O) groups is 1. The molecule has 1 heterocycles. The second-order valence-corrected chi connectivity index (χ2v) is 4.78. The minimum Gasteiger partial charge on any atom is -0.482 e. The summed E-state index contributed by atoms with van der Waals surface area (Å²) >= 11 is 0. The summed E-state index contributed by atoms with van der Waals surface area (Å²) in [7, 11) is 0. The Kier molecular flexibility index (Phi) is 5.95. The van der Waals surface area contributed by atoms with Gasteiger partial charge in [0.05, 0.1) is 6.10 Å². The van der Waals surface area contributed by atoms with Gasteiger partial charge < -0.3 is 15.2 Å². The fraction of sp³-hybridized carbons (Fsp3) is 0.538. The fourth-order valence-electron chi connectivity index (χ4n) is 1.35. The Balaban J connectivity index is 2.71. The number of alkyl halides is 3. The van der Waals surface area contributed by atoms with Crippen molar-refractivity contribution in [2.75, 3.05) is 13.2 Å². The molecule has 1 rings (SSSR count). The molecule has 0 aromatic carbocycles. The number of halogens is 3. The molecule has 1 atom stereocenters. The van der Waals surface area contributed by atoms with Crippen molar-refractivity contribution >= 4 is 5.91 Å². The molecule has 0 radical (unpaired) electrons. The van der Waals surface area contributed by atoms with Crippen LogP contribution >= 0.6 is 0 Å². The Hall–Kier alpha value is -1.83. The lowest BCUT2D eigenvalue weighted by Gasteiger charge is -2.16. The lowest BCUT2D eigenvalue weighted by Crippen LogP contribution is -2.35. The van der Waals surface area contributed by atoms with Crippen LogP contribution in [0.1, 0.15) is 24.3 Å². The van der Waals surface area contributed by atoms with Crippen LogP contribution in [0, 0.1) is 5.92 Å². The summed E-state index contributed by atoms with van der Waals surface area (Å²) in [5.74, 6) is -1.02. The van der Waals surface area contributed by atoms with Crippen LogP contribution < -0.4 is 10.1 Å². The molecule has 0 fully saturated rings. The summed E-state index contributed by atoms with van der Waals surface area (Å²) in [6.07, 6.45) is -3.98. The van der Waals surface area contributed by atoms with Gasteiger partial charge in [-0.05, 0) is 18.1 Å². The minimum absolute atomic E-state index is 0.0220. The number of nitrogens with one attached hydrogen (secondary N) is 1. The molecule has 2 N–H and O–H groups in total. The van der Waals surface area contributed by atoms with Gasteiger partial charge in [0.25, 0.3) is 5.91 Å². The summed E-state index contributed by atoms with van der Waals surface area (Å²) < 4.78 is 41.0. The molecule has 1 aromatic rings. The quantitative estimate of drug-likeness (QED) is 0.840. The maximum atomic E-state index is 12.1. The number of pyridine rings is 1.